The van der Waals surface area contributed by atoms with Crippen molar-refractivity contribution in [1.82, 2.24) is 10.3 Å². The topological polar surface area (TPSA) is 42.0 Å². The number of alkyl halides is 6. The van der Waals surface area contributed by atoms with Crippen molar-refractivity contribution in [3.05, 3.63) is 45.3 Å². The third kappa shape index (κ3) is 4.33. The maximum atomic E-state index is 13.3. The fourth-order valence-electron chi connectivity index (χ4n) is 2.17. The first kappa shape index (κ1) is 19.8. The molecule has 3 nitrogen and oxygen atoms in total. The van der Waals surface area contributed by atoms with Crippen LogP contribution >= 0.6 is 35.3 Å². The maximum absolute atomic E-state index is 13.3. The molecule has 2 heterocycles. The maximum Gasteiger partial charge on any atom is 0.417 e. The quantitative estimate of drug-likeness (QED) is 0.389. The molecule has 0 aliphatic carbocycles. The number of amides is 1. The number of aromatic nitrogens is 1. The summed E-state index contributed by atoms with van der Waals surface area (Å²) >= 11 is 6.64. The van der Waals surface area contributed by atoms with Gasteiger partial charge in [0.05, 0.1) is 16.0 Å². The molecule has 1 aromatic carbocycles. The number of hydrogen-bond acceptors (Lipinski definition) is 5. The van der Waals surface area contributed by atoms with Gasteiger partial charge in [-0.25, -0.2) is 4.98 Å². The van der Waals surface area contributed by atoms with Gasteiger partial charge in [0.1, 0.15) is 9.33 Å². The fourth-order valence-corrected chi connectivity index (χ4v) is 4.18. The molecule has 3 rings (SSSR count). The van der Waals surface area contributed by atoms with Crippen molar-refractivity contribution >= 4 is 51.6 Å². The molecular weight excluding hydrogens is 434 g/mol. The van der Waals surface area contributed by atoms with Gasteiger partial charge in [0.15, 0.2) is 0 Å². The van der Waals surface area contributed by atoms with E-state index in [0.717, 1.165) is 29.2 Å². The van der Waals surface area contributed by atoms with E-state index in [9.17, 15) is 31.1 Å². The molecule has 0 radical (unpaired) electrons. The van der Waals surface area contributed by atoms with Crippen LogP contribution in [0.2, 0.25) is 0 Å². The molecule has 1 aromatic heterocycles. The minimum Gasteiger partial charge on any atom is -0.307 e. The first-order valence-corrected chi connectivity index (χ1v) is 8.99. The Labute approximate surface area is 161 Å². The highest BCUT2D eigenvalue weighted by atomic mass is 32.2. The molecule has 0 spiro atoms. The summed E-state index contributed by atoms with van der Waals surface area (Å²) in [6, 6.07) is 1.38. The van der Waals surface area contributed by atoms with Gasteiger partial charge in [-0.1, -0.05) is 30.0 Å². The predicted octanol–water partition coefficient (Wildman–Crippen LogP) is 5.34. The van der Waals surface area contributed by atoms with E-state index in [2.05, 4.69) is 10.3 Å². The number of thioether (sulfide) groups is 1. The van der Waals surface area contributed by atoms with Crippen LogP contribution in [0.3, 0.4) is 0 Å². The highest BCUT2D eigenvalue weighted by Crippen LogP contribution is 2.42. The average molecular weight is 440 g/mol. The monoisotopic (exact) mass is 440 g/mol. The Kier molecular flexibility index (Phi) is 5.08. The van der Waals surface area contributed by atoms with Gasteiger partial charge in [-0.3, -0.25) is 4.79 Å². The SMILES string of the molecule is O=C1NC(=S)SC1=Cc1cnc(-c2ccc(C(F)(F)F)cc2C(F)(F)F)s1. The smallest absolute Gasteiger partial charge is 0.307 e. The molecule has 1 amide bonds. The Bertz CT molecular complexity index is 961. The van der Waals surface area contributed by atoms with E-state index in [-0.39, 0.29) is 20.3 Å². The number of thiocarbonyl (C=S) groups is 1. The molecule has 1 N–H and O–H groups in total. The van der Waals surface area contributed by atoms with Crippen LogP contribution in [0.15, 0.2) is 29.3 Å². The molecule has 1 saturated heterocycles. The normalized spacial score (nSPS) is 16.9. The Morgan fingerprint density at radius 1 is 1.11 bits per heavy atom. The van der Waals surface area contributed by atoms with Crippen LogP contribution < -0.4 is 5.32 Å². The fraction of sp³-hybridized carbons (Fsp3) is 0.133. The lowest BCUT2D eigenvalue weighted by atomic mass is 10.0. The second kappa shape index (κ2) is 6.91. The Morgan fingerprint density at radius 3 is 2.37 bits per heavy atom. The van der Waals surface area contributed by atoms with E-state index in [4.69, 9.17) is 12.2 Å². The number of rotatable bonds is 2. The highest BCUT2D eigenvalue weighted by molar-refractivity contribution is 8.26. The number of carbonyl (C=O) groups excluding carboxylic acids is 1. The lowest BCUT2D eigenvalue weighted by Crippen LogP contribution is -2.17. The van der Waals surface area contributed by atoms with Gasteiger partial charge in [0.2, 0.25) is 0 Å². The average Bonchev–Trinajstić information content (AvgIpc) is 3.12. The number of benzene rings is 1. The van der Waals surface area contributed by atoms with Gasteiger partial charge in [0.25, 0.3) is 5.91 Å². The number of nitrogens with zero attached hydrogens (tertiary/aromatic N) is 1. The number of thiazole rings is 1. The molecule has 1 fully saturated rings. The van der Waals surface area contributed by atoms with E-state index in [0.29, 0.717) is 10.9 Å². The molecule has 1 aliphatic heterocycles. The minimum atomic E-state index is -4.99. The molecule has 27 heavy (non-hydrogen) atoms. The first-order valence-electron chi connectivity index (χ1n) is 6.94. The Morgan fingerprint density at radius 2 is 1.81 bits per heavy atom. The summed E-state index contributed by atoms with van der Waals surface area (Å²) < 4.78 is 78.3. The summed E-state index contributed by atoms with van der Waals surface area (Å²) in [5, 5.41) is 2.27. The molecule has 0 bridgehead atoms. The third-order valence-corrected chi connectivity index (χ3v) is 5.46. The van der Waals surface area contributed by atoms with E-state index in [1.807, 2.05) is 0 Å². The van der Waals surface area contributed by atoms with Crippen LogP contribution in [-0.2, 0) is 17.1 Å². The number of halogens is 6. The molecule has 0 unspecified atom stereocenters. The van der Waals surface area contributed by atoms with Gasteiger partial charge in [-0.15, -0.1) is 11.3 Å². The largest absolute Gasteiger partial charge is 0.417 e. The molecular formula is C15H6F6N2OS3. The van der Waals surface area contributed by atoms with Crippen molar-refractivity contribution in [1.29, 1.82) is 0 Å². The third-order valence-electron chi connectivity index (χ3n) is 3.32. The predicted molar refractivity (Wildman–Crippen MR) is 93.9 cm³/mol. The van der Waals surface area contributed by atoms with E-state index in [1.165, 1.54) is 12.3 Å². The number of nitrogens with one attached hydrogen (secondary N) is 1. The van der Waals surface area contributed by atoms with Crippen LogP contribution in [0.4, 0.5) is 26.3 Å². The summed E-state index contributed by atoms with van der Waals surface area (Å²) in [5.74, 6) is -0.439. The molecule has 12 heteroatoms. The van der Waals surface area contributed by atoms with Crippen LogP contribution in [0.1, 0.15) is 16.0 Å². The van der Waals surface area contributed by atoms with E-state index >= 15 is 0 Å². The lowest BCUT2D eigenvalue weighted by molar-refractivity contribution is -0.142. The number of carbonyl (C=O) groups is 1. The van der Waals surface area contributed by atoms with Gasteiger partial charge in [0, 0.05) is 16.6 Å². The zero-order valence-electron chi connectivity index (χ0n) is 12.7. The zero-order chi connectivity index (χ0) is 20.0. The lowest BCUT2D eigenvalue weighted by Gasteiger charge is -2.14. The molecule has 0 saturated carbocycles. The van der Waals surface area contributed by atoms with Gasteiger partial charge >= 0.3 is 12.4 Å². The summed E-state index contributed by atoms with van der Waals surface area (Å²) in [4.78, 5) is 16.1. The van der Waals surface area contributed by atoms with Crippen molar-refractivity contribution in [3.63, 3.8) is 0 Å². The summed E-state index contributed by atoms with van der Waals surface area (Å²) in [6.07, 6.45) is -7.26. The summed E-state index contributed by atoms with van der Waals surface area (Å²) in [7, 11) is 0. The van der Waals surface area contributed by atoms with E-state index in [1.54, 1.807) is 0 Å². The van der Waals surface area contributed by atoms with Crippen molar-refractivity contribution in [2.75, 3.05) is 0 Å². The van der Waals surface area contributed by atoms with Crippen LogP contribution in [0, 0.1) is 0 Å². The highest BCUT2D eigenvalue weighted by Gasteiger charge is 2.38. The van der Waals surface area contributed by atoms with Gasteiger partial charge < -0.3 is 5.32 Å². The minimum absolute atomic E-state index is 0.0631. The Balaban J connectivity index is 2.02. The van der Waals surface area contributed by atoms with Crippen molar-refractivity contribution in [3.8, 4) is 10.6 Å². The van der Waals surface area contributed by atoms with Crippen molar-refractivity contribution < 1.29 is 31.1 Å². The Hall–Kier alpha value is -1.92. The first-order chi connectivity index (χ1) is 12.4. The van der Waals surface area contributed by atoms with Crippen LogP contribution in [0.5, 0.6) is 0 Å². The van der Waals surface area contributed by atoms with Gasteiger partial charge in [-0.05, 0) is 18.2 Å². The van der Waals surface area contributed by atoms with Crippen LogP contribution in [-0.4, -0.2) is 15.2 Å². The molecule has 1 aliphatic rings. The van der Waals surface area contributed by atoms with E-state index < -0.39 is 35.0 Å². The summed E-state index contributed by atoms with van der Waals surface area (Å²) in [5.41, 5.74) is -3.30. The molecule has 0 atom stereocenters. The standard InChI is InChI=1S/C15H6F6N2OS3/c16-14(17,18)6-1-2-8(9(3-6)15(19,20)21)12-22-5-7(26-12)4-10-11(24)23-13(25)27-10/h1-5H,(H,23,24,25). The van der Waals surface area contributed by atoms with Gasteiger partial charge in [-0.2, -0.15) is 26.3 Å². The van der Waals surface area contributed by atoms with Crippen molar-refractivity contribution in [2.24, 2.45) is 0 Å². The zero-order valence-corrected chi connectivity index (χ0v) is 15.2. The number of hydrogen-bond donors (Lipinski definition) is 1. The summed E-state index contributed by atoms with van der Waals surface area (Å²) in [6.45, 7) is 0. The molecule has 2 aromatic rings. The second-order valence-corrected chi connectivity index (χ2v) is 7.96. The molecule has 142 valence electrons. The second-order valence-electron chi connectivity index (χ2n) is 5.18. The van der Waals surface area contributed by atoms with Crippen LogP contribution in [0.25, 0.3) is 16.6 Å². The van der Waals surface area contributed by atoms with Crippen molar-refractivity contribution in [2.45, 2.75) is 12.4 Å².